The van der Waals surface area contributed by atoms with Crippen molar-refractivity contribution >= 4 is 27.5 Å². The normalized spacial score (nSPS) is 10.4. The van der Waals surface area contributed by atoms with Crippen molar-refractivity contribution in [2.45, 2.75) is 19.2 Å². The van der Waals surface area contributed by atoms with Gasteiger partial charge in [-0.1, -0.05) is 39.7 Å². The van der Waals surface area contributed by atoms with E-state index in [1.807, 2.05) is 44.2 Å². The van der Waals surface area contributed by atoms with Gasteiger partial charge in [0.05, 0.1) is 0 Å². The zero-order chi connectivity index (χ0) is 13.1. The number of ether oxygens (including phenoxy) is 1. The van der Waals surface area contributed by atoms with E-state index in [9.17, 15) is 0 Å². The van der Waals surface area contributed by atoms with Crippen LogP contribution >= 0.6 is 27.5 Å². The van der Waals surface area contributed by atoms with Gasteiger partial charge in [-0.2, -0.15) is 0 Å². The van der Waals surface area contributed by atoms with E-state index in [-0.39, 0.29) is 0 Å². The first-order chi connectivity index (χ1) is 8.60. The molecule has 0 saturated heterocycles. The van der Waals surface area contributed by atoms with Crippen LogP contribution in [-0.2, 0) is 5.33 Å². The standard InChI is InChI=1S/C15H14BrClO/c1-10-6-14(7-11(2)15(10)17)18-13-5-3-4-12(8-13)9-16/h3-8H,9H2,1-2H3. The molecular formula is C15H14BrClO. The highest BCUT2D eigenvalue weighted by Gasteiger charge is 2.05. The van der Waals surface area contributed by atoms with E-state index in [0.717, 1.165) is 33.0 Å². The molecule has 0 atom stereocenters. The lowest BCUT2D eigenvalue weighted by molar-refractivity contribution is 0.481. The van der Waals surface area contributed by atoms with Crippen LogP contribution in [0.3, 0.4) is 0 Å². The zero-order valence-electron chi connectivity index (χ0n) is 10.3. The molecule has 0 saturated carbocycles. The molecule has 0 aliphatic carbocycles. The van der Waals surface area contributed by atoms with Crippen molar-refractivity contribution in [3.8, 4) is 11.5 Å². The van der Waals surface area contributed by atoms with Crippen molar-refractivity contribution in [1.29, 1.82) is 0 Å². The van der Waals surface area contributed by atoms with Gasteiger partial charge in [-0.3, -0.25) is 0 Å². The molecule has 0 bridgehead atoms. The number of rotatable bonds is 3. The van der Waals surface area contributed by atoms with Gasteiger partial charge in [0.15, 0.2) is 0 Å². The van der Waals surface area contributed by atoms with Crippen LogP contribution in [0.15, 0.2) is 36.4 Å². The fourth-order valence-electron chi connectivity index (χ4n) is 1.79. The van der Waals surface area contributed by atoms with Gasteiger partial charge in [-0.05, 0) is 54.8 Å². The molecule has 0 N–H and O–H groups in total. The van der Waals surface area contributed by atoms with Gasteiger partial charge in [-0.15, -0.1) is 0 Å². The zero-order valence-corrected chi connectivity index (χ0v) is 12.7. The molecule has 0 aliphatic rings. The van der Waals surface area contributed by atoms with Gasteiger partial charge in [0.25, 0.3) is 0 Å². The van der Waals surface area contributed by atoms with Gasteiger partial charge in [0.1, 0.15) is 11.5 Å². The molecule has 1 nitrogen and oxygen atoms in total. The van der Waals surface area contributed by atoms with Crippen molar-refractivity contribution < 1.29 is 4.74 Å². The second-order valence-electron chi connectivity index (χ2n) is 4.25. The molecule has 18 heavy (non-hydrogen) atoms. The molecular weight excluding hydrogens is 312 g/mol. The predicted molar refractivity (Wildman–Crippen MR) is 80.1 cm³/mol. The van der Waals surface area contributed by atoms with Crippen LogP contribution in [0.2, 0.25) is 5.02 Å². The molecule has 0 heterocycles. The Bertz CT molecular complexity index is 543. The Morgan fingerprint density at radius 1 is 1.06 bits per heavy atom. The first-order valence-electron chi connectivity index (χ1n) is 5.69. The fourth-order valence-corrected chi connectivity index (χ4v) is 2.25. The minimum absolute atomic E-state index is 0.802. The molecule has 0 fully saturated rings. The van der Waals surface area contributed by atoms with E-state index >= 15 is 0 Å². The smallest absolute Gasteiger partial charge is 0.128 e. The SMILES string of the molecule is Cc1cc(Oc2cccc(CBr)c2)cc(C)c1Cl. The fraction of sp³-hybridized carbons (Fsp3) is 0.200. The molecule has 0 aliphatic heterocycles. The summed E-state index contributed by atoms with van der Waals surface area (Å²) in [7, 11) is 0. The quantitative estimate of drug-likeness (QED) is 0.663. The summed E-state index contributed by atoms with van der Waals surface area (Å²) in [6.07, 6.45) is 0. The molecule has 94 valence electrons. The lowest BCUT2D eigenvalue weighted by Gasteiger charge is -2.10. The molecule has 2 aromatic carbocycles. The van der Waals surface area contributed by atoms with Gasteiger partial charge >= 0.3 is 0 Å². The van der Waals surface area contributed by atoms with Crippen LogP contribution in [0.4, 0.5) is 0 Å². The van der Waals surface area contributed by atoms with Crippen molar-refractivity contribution in [2.75, 3.05) is 0 Å². The van der Waals surface area contributed by atoms with Crippen LogP contribution in [0.25, 0.3) is 0 Å². The van der Waals surface area contributed by atoms with Crippen LogP contribution in [0.5, 0.6) is 11.5 Å². The third-order valence-corrected chi connectivity index (χ3v) is 3.94. The van der Waals surface area contributed by atoms with E-state index in [2.05, 4.69) is 22.0 Å². The molecule has 0 spiro atoms. The molecule has 0 unspecified atom stereocenters. The Hall–Kier alpha value is -0.990. The van der Waals surface area contributed by atoms with Gasteiger partial charge in [0.2, 0.25) is 0 Å². The average Bonchev–Trinajstić information content (AvgIpc) is 2.36. The number of hydrogen-bond donors (Lipinski definition) is 0. The van der Waals surface area contributed by atoms with E-state index in [1.54, 1.807) is 0 Å². The molecule has 2 aromatic rings. The number of hydrogen-bond acceptors (Lipinski definition) is 1. The van der Waals surface area contributed by atoms with E-state index in [0.29, 0.717) is 0 Å². The van der Waals surface area contributed by atoms with Crippen molar-refractivity contribution in [3.05, 3.63) is 58.1 Å². The summed E-state index contributed by atoms with van der Waals surface area (Å²) in [6.45, 7) is 3.97. The summed E-state index contributed by atoms with van der Waals surface area (Å²) in [5.74, 6) is 1.66. The molecule has 2 rings (SSSR count). The number of aryl methyl sites for hydroxylation is 2. The molecule has 0 amide bonds. The first-order valence-corrected chi connectivity index (χ1v) is 7.19. The maximum Gasteiger partial charge on any atom is 0.128 e. The minimum atomic E-state index is 0.802. The highest BCUT2D eigenvalue weighted by molar-refractivity contribution is 9.08. The number of alkyl halides is 1. The van der Waals surface area contributed by atoms with Gasteiger partial charge in [0, 0.05) is 10.4 Å². The predicted octanol–water partition coefficient (Wildman–Crippen LogP) is 5.64. The number of benzene rings is 2. The maximum absolute atomic E-state index is 6.14. The highest BCUT2D eigenvalue weighted by Crippen LogP contribution is 2.29. The number of halogens is 2. The lowest BCUT2D eigenvalue weighted by atomic mass is 10.1. The van der Waals surface area contributed by atoms with E-state index < -0.39 is 0 Å². The minimum Gasteiger partial charge on any atom is -0.457 e. The largest absolute Gasteiger partial charge is 0.457 e. The lowest BCUT2D eigenvalue weighted by Crippen LogP contribution is -1.89. The van der Waals surface area contributed by atoms with Crippen LogP contribution in [-0.4, -0.2) is 0 Å². The summed E-state index contributed by atoms with van der Waals surface area (Å²) in [5.41, 5.74) is 3.25. The second-order valence-corrected chi connectivity index (χ2v) is 5.19. The Morgan fingerprint density at radius 2 is 1.72 bits per heavy atom. The van der Waals surface area contributed by atoms with E-state index in [1.165, 1.54) is 5.56 Å². The summed E-state index contributed by atoms with van der Waals surface area (Å²) >= 11 is 9.58. The van der Waals surface area contributed by atoms with Crippen LogP contribution in [0, 0.1) is 13.8 Å². The maximum atomic E-state index is 6.14. The average molecular weight is 326 g/mol. The van der Waals surface area contributed by atoms with Crippen LogP contribution < -0.4 is 4.74 Å². The van der Waals surface area contributed by atoms with Gasteiger partial charge < -0.3 is 4.74 Å². The molecule has 0 radical (unpaired) electrons. The van der Waals surface area contributed by atoms with Gasteiger partial charge in [-0.25, -0.2) is 0 Å². The third kappa shape index (κ3) is 3.06. The third-order valence-electron chi connectivity index (χ3n) is 2.70. The van der Waals surface area contributed by atoms with Crippen molar-refractivity contribution in [2.24, 2.45) is 0 Å². The summed E-state index contributed by atoms with van der Waals surface area (Å²) in [4.78, 5) is 0. The van der Waals surface area contributed by atoms with Crippen molar-refractivity contribution in [3.63, 3.8) is 0 Å². The summed E-state index contributed by atoms with van der Waals surface area (Å²) in [6, 6.07) is 11.9. The second kappa shape index (κ2) is 5.77. The van der Waals surface area contributed by atoms with E-state index in [4.69, 9.17) is 16.3 Å². The van der Waals surface area contributed by atoms with Crippen molar-refractivity contribution in [1.82, 2.24) is 0 Å². The first kappa shape index (κ1) is 13.4. The monoisotopic (exact) mass is 324 g/mol. The van der Waals surface area contributed by atoms with Crippen LogP contribution in [0.1, 0.15) is 16.7 Å². The molecule has 0 aromatic heterocycles. The topological polar surface area (TPSA) is 9.23 Å². The Kier molecular flexibility index (Phi) is 4.31. The summed E-state index contributed by atoms with van der Waals surface area (Å²) in [5, 5.41) is 1.62. The Labute approximate surface area is 121 Å². The summed E-state index contributed by atoms with van der Waals surface area (Å²) < 4.78 is 5.86. The highest BCUT2D eigenvalue weighted by atomic mass is 79.9. The Balaban J connectivity index is 2.28. The Morgan fingerprint density at radius 3 is 2.33 bits per heavy atom. The molecule has 3 heteroatoms.